The van der Waals surface area contributed by atoms with Gasteiger partial charge in [0.15, 0.2) is 0 Å². The molecule has 1 fully saturated rings. The summed E-state index contributed by atoms with van der Waals surface area (Å²) in [5.74, 6) is -0.562. The molecular weight excluding hydrogens is 363 g/mol. The molecule has 3 heterocycles. The Morgan fingerprint density at radius 1 is 1.18 bits per heavy atom. The zero-order valence-corrected chi connectivity index (χ0v) is 15.0. The SMILES string of the molecule is N#Cc1cncc(-c2ccc(-n3cnn(CN4CCOCC4)c3=O)c(F)c2)c1. The lowest BCUT2D eigenvalue weighted by atomic mass is 10.1. The quantitative estimate of drug-likeness (QED) is 0.680. The highest BCUT2D eigenvalue weighted by atomic mass is 19.1. The number of aromatic nitrogens is 4. The Morgan fingerprint density at radius 2 is 2.00 bits per heavy atom. The Kier molecular flexibility index (Phi) is 4.97. The summed E-state index contributed by atoms with van der Waals surface area (Å²) in [6, 6.07) is 8.16. The van der Waals surface area contributed by atoms with Crippen LogP contribution in [0.4, 0.5) is 4.39 Å². The Labute approximate surface area is 160 Å². The summed E-state index contributed by atoms with van der Waals surface area (Å²) in [5.41, 5.74) is 1.29. The van der Waals surface area contributed by atoms with Crippen LogP contribution in [-0.4, -0.2) is 50.5 Å². The minimum absolute atomic E-state index is 0.117. The van der Waals surface area contributed by atoms with Gasteiger partial charge in [-0.25, -0.2) is 13.8 Å². The van der Waals surface area contributed by atoms with Crippen molar-refractivity contribution in [2.24, 2.45) is 0 Å². The molecule has 0 N–H and O–H groups in total. The van der Waals surface area contributed by atoms with E-state index in [4.69, 9.17) is 10.00 Å². The van der Waals surface area contributed by atoms with E-state index in [-0.39, 0.29) is 5.69 Å². The molecule has 0 amide bonds. The second-order valence-electron chi connectivity index (χ2n) is 6.40. The van der Waals surface area contributed by atoms with E-state index < -0.39 is 11.5 Å². The molecule has 0 radical (unpaired) electrons. The van der Waals surface area contributed by atoms with Crippen molar-refractivity contribution in [3.63, 3.8) is 0 Å². The minimum Gasteiger partial charge on any atom is -0.379 e. The van der Waals surface area contributed by atoms with E-state index >= 15 is 0 Å². The lowest BCUT2D eigenvalue weighted by molar-refractivity contribution is 0.0206. The number of nitriles is 1. The second kappa shape index (κ2) is 7.72. The standard InChI is InChI=1S/C19H17FN6O2/c20-17-8-15(16-7-14(9-21)10-22-11-16)1-2-18(17)25-12-23-26(19(25)27)13-24-3-5-28-6-4-24/h1-2,7-8,10-12H,3-6,13H2. The Hall–Kier alpha value is -3.35. The number of nitrogens with zero attached hydrogens (tertiary/aromatic N) is 6. The number of benzene rings is 1. The zero-order chi connectivity index (χ0) is 19.5. The van der Waals surface area contributed by atoms with Gasteiger partial charge in [-0.2, -0.15) is 15.0 Å². The molecule has 1 aromatic carbocycles. The van der Waals surface area contributed by atoms with E-state index in [1.165, 1.54) is 33.9 Å². The summed E-state index contributed by atoms with van der Waals surface area (Å²) in [5, 5.41) is 13.1. The van der Waals surface area contributed by atoms with E-state index in [0.717, 1.165) is 13.1 Å². The minimum atomic E-state index is -0.562. The summed E-state index contributed by atoms with van der Waals surface area (Å²) in [6.45, 7) is 3.01. The van der Waals surface area contributed by atoms with Crippen molar-refractivity contribution in [2.75, 3.05) is 26.3 Å². The Morgan fingerprint density at radius 3 is 2.75 bits per heavy atom. The van der Waals surface area contributed by atoms with Crippen LogP contribution in [0.25, 0.3) is 16.8 Å². The van der Waals surface area contributed by atoms with Crippen molar-refractivity contribution in [2.45, 2.75) is 6.67 Å². The van der Waals surface area contributed by atoms with Crippen molar-refractivity contribution < 1.29 is 9.13 Å². The molecule has 0 atom stereocenters. The highest BCUT2D eigenvalue weighted by Gasteiger charge is 2.16. The molecule has 8 nitrogen and oxygen atoms in total. The van der Waals surface area contributed by atoms with E-state index in [2.05, 4.69) is 15.0 Å². The molecular formula is C19H17FN6O2. The lowest BCUT2D eigenvalue weighted by Crippen LogP contribution is -2.40. The molecule has 2 aromatic heterocycles. The van der Waals surface area contributed by atoms with E-state index in [9.17, 15) is 9.18 Å². The fraction of sp³-hybridized carbons (Fsp3) is 0.263. The van der Waals surface area contributed by atoms with Crippen molar-refractivity contribution >= 4 is 0 Å². The first-order chi connectivity index (χ1) is 13.7. The fourth-order valence-electron chi connectivity index (χ4n) is 3.07. The van der Waals surface area contributed by atoms with Crippen LogP contribution < -0.4 is 5.69 Å². The van der Waals surface area contributed by atoms with Crippen LogP contribution in [0.15, 0.2) is 47.8 Å². The molecule has 28 heavy (non-hydrogen) atoms. The largest absolute Gasteiger partial charge is 0.379 e. The molecule has 1 saturated heterocycles. The summed E-state index contributed by atoms with van der Waals surface area (Å²) in [4.78, 5) is 18.7. The maximum Gasteiger partial charge on any atom is 0.351 e. The van der Waals surface area contributed by atoms with E-state index in [1.807, 2.05) is 6.07 Å². The van der Waals surface area contributed by atoms with E-state index in [0.29, 0.717) is 36.6 Å². The van der Waals surface area contributed by atoms with Gasteiger partial charge in [-0.05, 0) is 23.8 Å². The summed E-state index contributed by atoms with van der Waals surface area (Å²) >= 11 is 0. The number of hydrogen-bond acceptors (Lipinski definition) is 6. The third-order valence-electron chi connectivity index (χ3n) is 4.58. The van der Waals surface area contributed by atoms with Gasteiger partial charge in [0.25, 0.3) is 0 Å². The molecule has 4 rings (SSSR count). The smallest absolute Gasteiger partial charge is 0.351 e. The van der Waals surface area contributed by atoms with Crippen molar-refractivity contribution in [3.8, 4) is 22.9 Å². The van der Waals surface area contributed by atoms with Gasteiger partial charge in [0, 0.05) is 31.0 Å². The molecule has 1 aliphatic rings. The third-order valence-corrected chi connectivity index (χ3v) is 4.58. The first-order valence-corrected chi connectivity index (χ1v) is 8.76. The van der Waals surface area contributed by atoms with Crippen LogP contribution in [0.5, 0.6) is 0 Å². The van der Waals surface area contributed by atoms with Crippen LogP contribution >= 0.6 is 0 Å². The zero-order valence-electron chi connectivity index (χ0n) is 15.0. The van der Waals surface area contributed by atoms with Crippen LogP contribution in [0.3, 0.4) is 0 Å². The number of morpholine rings is 1. The molecule has 1 aliphatic heterocycles. The normalized spacial score (nSPS) is 14.7. The van der Waals surface area contributed by atoms with Crippen molar-refractivity contribution in [1.82, 2.24) is 24.2 Å². The maximum atomic E-state index is 14.7. The van der Waals surface area contributed by atoms with Gasteiger partial charge in [-0.15, -0.1) is 0 Å². The topological polar surface area (TPSA) is 89.0 Å². The summed E-state index contributed by atoms with van der Waals surface area (Å²) in [7, 11) is 0. The number of halogens is 1. The lowest BCUT2D eigenvalue weighted by Gasteiger charge is -2.25. The van der Waals surface area contributed by atoms with Crippen LogP contribution in [0.1, 0.15) is 5.56 Å². The molecule has 0 spiro atoms. The first-order valence-electron chi connectivity index (χ1n) is 8.76. The number of ether oxygens (including phenoxy) is 1. The molecule has 0 unspecified atom stereocenters. The Balaban J connectivity index is 1.61. The highest BCUT2D eigenvalue weighted by molar-refractivity contribution is 5.65. The number of pyridine rings is 1. The van der Waals surface area contributed by atoms with Crippen molar-refractivity contribution in [3.05, 3.63) is 64.9 Å². The summed E-state index contributed by atoms with van der Waals surface area (Å²) in [6.07, 6.45) is 4.32. The summed E-state index contributed by atoms with van der Waals surface area (Å²) < 4.78 is 22.5. The molecule has 0 bridgehead atoms. The van der Waals surface area contributed by atoms with Crippen LogP contribution in [0, 0.1) is 17.1 Å². The number of hydrogen-bond donors (Lipinski definition) is 0. The van der Waals surface area contributed by atoms with Gasteiger partial charge in [0.2, 0.25) is 0 Å². The van der Waals surface area contributed by atoms with Crippen LogP contribution in [-0.2, 0) is 11.4 Å². The molecule has 9 heteroatoms. The van der Waals surface area contributed by atoms with Gasteiger partial charge >= 0.3 is 5.69 Å². The molecule has 0 aliphatic carbocycles. The average molecular weight is 380 g/mol. The van der Waals surface area contributed by atoms with Crippen molar-refractivity contribution in [1.29, 1.82) is 5.26 Å². The second-order valence-corrected chi connectivity index (χ2v) is 6.40. The van der Waals surface area contributed by atoms with Gasteiger partial charge < -0.3 is 4.74 Å². The molecule has 3 aromatic rings. The van der Waals surface area contributed by atoms with Gasteiger partial charge in [-0.3, -0.25) is 9.88 Å². The average Bonchev–Trinajstić information content (AvgIpc) is 3.09. The monoisotopic (exact) mass is 380 g/mol. The van der Waals surface area contributed by atoms with Gasteiger partial charge in [0.05, 0.1) is 31.1 Å². The van der Waals surface area contributed by atoms with Gasteiger partial charge in [0.1, 0.15) is 18.2 Å². The third kappa shape index (κ3) is 3.55. The fourth-order valence-corrected chi connectivity index (χ4v) is 3.07. The predicted octanol–water partition coefficient (Wildman–Crippen LogP) is 1.40. The molecule has 0 saturated carbocycles. The van der Waals surface area contributed by atoms with Crippen LogP contribution in [0.2, 0.25) is 0 Å². The highest BCUT2D eigenvalue weighted by Crippen LogP contribution is 2.23. The van der Waals surface area contributed by atoms with E-state index in [1.54, 1.807) is 18.3 Å². The molecule has 142 valence electrons. The predicted molar refractivity (Wildman–Crippen MR) is 98.1 cm³/mol. The van der Waals surface area contributed by atoms with Gasteiger partial charge in [-0.1, -0.05) is 6.07 Å². The maximum absolute atomic E-state index is 14.7. The number of rotatable bonds is 4. The Bertz CT molecular complexity index is 1090. The first kappa shape index (κ1) is 18.0.